The summed E-state index contributed by atoms with van der Waals surface area (Å²) in [5.74, 6) is -0.376. The van der Waals surface area contributed by atoms with Gasteiger partial charge in [-0.15, -0.1) is 0 Å². The molecule has 0 aliphatic carbocycles. The lowest BCUT2D eigenvalue weighted by atomic mass is 10.1. The standard InChI is InChI=1S/C22H19N5O3/c1-3-26-21-18(13-23-26)17(12-20(24-21)15-7-5-4-6-8-15)22(28)25-19-11-16(27(29)30)10-9-14(19)2/h4-13H,3H2,1-2H3,(H,25,28). The Labute approximate surface area is 172 Å². The third kappa shape index (κ3) is 3.50. The van der Waals surface area contributed by atoms with Gasteiger partial charge < -0.3 is 5.32 Å². The van der Waals surface area contributed by atoms with Crippen molar-refractivity contribution in [3.05, 3.63) is 82.0 Å². The minimum atomic E-state index is -0.488. The van der Waals surface area contributed by atoms with Crippen molar-refractivity contribution in [2.75, 3.05) is 5.32 Å². The maximum atomic E-state index is 13.2. The number of non-ortho nitro benzene ring substituents is 1. The number of anilines is 1. The quantitative estimate of drug-likeness (QED) is 0.389. The Kier molecular flexibility index (Phi) is 4.97. The first kappa shape index (κ1) is 19.3. The molecule has 4 rings (SSSR count). The number of aryl methyl sites for hydroxylation is 2. The molecule has 2 aromatic carbocycles. The van der Waals surface area contributed by atoms with E-state index >= 15 is 0 Å². The minimum Gasteiger partial charge on any atom is -0.321 e. The molecule has 0 fully saturated rings. The fourth-order valence-corrected chi connectivity index (χ4v) is 3.27. The first-order chi connectivity index (χ1) is 14.5. The molecular formula is C22H19N5O3. The van der Waals surface area contributed by atoms with Crippen LogP contribution in [0.1, 0.15) is 22.8 Å². The highest BCUT2D eigenvalue weighted by Crippen LogP contribution is 2.27. The van der Waals surface area contributed by atoms with Crippen LogP contribution in [0.4, 0.5) is 11.4 Å². The van der Waals surface area contributed by atoms with Crippen LogP contribution in [0.2, 0.25) is 0 Å². The highest BCUT2D eigenvalue weighted by Gasteiger charge is 2.19. The third-order valence-electron chi connectivity index (χ3n) is 4.90. The first-order valence-corrected chi connectivity index (χ1v) is 9.46. The Hall–Kier alpha value is -4.07. The molecule has 30 heavy (non-hydrogen) atoms. The monoisotopic (exact) mass is 401 g/mol. The summed E-state index contributed by atoms with van der Waals surface area (Å²) in [4.78, 5) is 28.5. The van der Waals surface area contributed by atoms with Crippen LogP contribution < -0.4 is 5.32 Å². The molecule has 8 nitrogen and oxygen atoms in total. The van der Waals surface area contributed by atoms with E-state index in [0.29, 0.717) is 34.5 Å². The van der Waals surface area contributed by atoms with Gasteiger partial charge in [-0.3, -0.25) is 14.9 Å². The number of fused-ring (bicyclic) bond motifs is 1. The van der Waals surface area contributed by atoms with Crippen molar-refractivity contribution >= 4 is 28.3 Å². The van der Waals surface area contributed by atoms with E-state index in [4.69, 9.17) is 4.98 Å². The number of hydrogen-bond donors (Lipinski definition) is 1. The van der Waals surface area contributed by atoms with Gasteiger partial charge in [0.2, 0.25) is 0 Å². The van der Waals surface area contributed by atoms with Gasteiger partial charge in [-0.1, -0.05) is 36.4 Å². The van der Waals surface area contributed by atoms with Gasteiger partial charge in [0.15, 0.2) is 5.65 Å². The molecule has 0 aliphatic heterocycles. The number of benzene rings is 2. The predicted octanol–water partition coefficient (Wildman–Crippen LogP) is 4.59. The van der Waals surface area contributed by atoms with E-state index in [0.717, 1.165) is 11.1 Å². The topological polar surface area (TPSA) is 103 Å². The molecule has 0 radical (unpaired) electrons. The number of nitrogens with one attached hydrogen (secondary N) is 1. The number of nitrogens with zero attached hydrogens (tertiary/aromatic N) is 4. The maximum absolute atomic E-state index is 13.2. The summed E-state index contributed by atoms with van der Waals surface area (Å²) in [6.45, 7) is 4.35. The zero-order valence-corrected chi connectivity index (χ0v) is 16.5. The van der Waals surface area contributed by atoms with E-state index in [1.807, 2.05) is 37.3 Å². The Morgan fingerprint density at radius 3 is 2.63 bits per heavy atom. The molecule has 0 saturated heterocycles. The fourth-order valence-electron chi connectivity index (χ4n) is 3.27. The molecule has 0 aliphatic rings. The van der Waals surface area contributed by atoms with Gasteiger partial charge in [-0.2, -0.15) is 5.10 Å². The van der Waals surface area contributed by atoms with Gasteiger partial charge in [-0.05, 0) is 25.5 Å². The van der Waals surface area contributed by atoms with Crippen LogP contribution in [-0.2, 0) is 6.54 Å². The zero-order chi connectivity index (χ0) is 21.3. The molecule has 1 N–H and O–H groups in total. The van der Waals surface area contributed by atoms with Gasteiger partial charge in [0.05, 0.1) is 33.5 Å². The second kappa shape index (κ2) is 7.75. The second-order valence-corrected chi connectivity index (χ2v) is 6.83. The van der Waals surface area contributed by atoms with Crippen molar-refractivity contribution in [1.82, 2.24) is 14.8 Å². The van der Waals surface area contributed by atoms with E-state index in [2.05, 4.69) is 10.4 Å². The lowest BCUT2D eigenvalue weighted by Crippen LogP contribution is -2.14. The summed E-state index contributed by atoms with van der Waals surface area (Å²) in [6, 6.07) is 15.7. The number of hydrogen-bond acceptors (Lipinski definition) is 5. The number of amides is 1. The van der Waals surface area contributed by atoms with Gasteiger partial charge in [-0.25, -0.2) is 9.67 Å². The molecule has 2 aromatic heterocycles. The lowest BCUT2D eigenvalue weighted by molar-refractivity contribution is -0.384. The molecule has 150 valence electrons. The number of aromatic nitrogens is 3. The second-order valence-electron chi connectivity index (χ2n) is 6.83. The molecule has 1 amide bonds. The zero-order valence-electron chi connectivity index (χ0n) is 16.5. The van der Waals surface area contributed by atoms with E-state index in [1.165, 1.54) is 12.1 Å². The molecule has 2 heterocycles. The number of carbonyl (C=O) groups excluding carboxylic acids is 1. The van der Waals surface area contributed by atoms with Crippen molar-refractivity contribution in [3.8, 4) is 11.3 Å². The normalized spacial score (nSPS) is 10.9. The Balaban J connectivity index is 1.82. The van der Waals surface area contributed by atoms with Gasteiger partial charge in [0, 0.05) is 24.2 Å². The average Bonchev–Trinajstić information content (AvgIpc) is 3.18. The van der Waals surface area contributed by atoms with Crippen LogP contribution >= 0.6 is 0 Å². The molecule has 4 aromatic rings. The fraction of sp³-hybridized carbons (Fsp3) is 0.136. The summed E-state index contributed by atoms with van der Waals surface area (Å²) < 4.78 is 1.73. The highest BCUT2D eigenvalue weighted by molar-refractivity contribution is 6.13. The van der Waals surface area contributed by atoms with Crippen molar-refractivity contribution in [3.63, 3.8) is 0 Å². The Bertz CT molecular complexity index is 1260. The highest BCUT2D eigenvalue weighted by atomic mass is 16.6. The predicted molar refractivity (Wildman–Crippen MR) is 114 cm³/mol. The van der Waals surface area contributed by atoms with Crippen molar-refractivity contribution < 1.29 is 9.72 Å². The van der Waals surface area contributed by atoms with Crippen LogP contribution in [0, 0.1) is 17.0 Å². The number of nitro groups is 1. The molecule has 0 atom stereocenters. The van der Waals surface area contributed by atoms with Gasteiger partial charge >= 0.3 is 0 Å². The first-order valence-electron chi connectivity index (χ1n) is 9.46. The van der Waals surface area contributed by atoms with E-state index < -0.39 is 4.92 Å². The van der Waals surface area contributed by atoms with Crippen LogP contribution in [-0.4, -0.2) is 25.6 Å². The number of nitro benzene ring substituents is 1. The van der Waals surface area contributed by atoms with Crippen LogP contribution in [0.25, 0.3) is 22.3 Å². The molecule has 0 spiro atoms. The SMILES string of the molecule is CCn1ncc2c(C(=O)Nc3cc([N+](=O)[O-])ccc3C)cc(-c3ccccc3)nc21. The smallest absolute Gasteiger partial charge is 0.271 e. The van der Waals surface area contributed by atoms with Crippen LogP contribution in [0.3, 0.4) is 0 Å². The number of carbonyl (C=O) groups is 1. The van der Waals surface area contributed by atoms with E-state index in [1.54, 1.807) is 29.9 Å². The van der Waals surface area contributed by atoms with Crippen molar-refractivity contribution in [2.24, 2.45) is 0 Å². The summed E-state index contributed by atoms with van der Waals surface area (Å²) in [5, 5.41) is 18.9. The summed E-state index contributed by atoms with van der Waals surface area (Å²) in [7, 11) is 0. The third-order valence-corrected chi connectivity index (χ3v) is 4.90. The Morgan fingerprint density at radius 2 is 1.93 bits per heavy atom. The number of pyridine rings is 1. The summed E-state index contributed by atoms with van der Waals surface area (Å²) >= 11 is 0. The lowest BCUT2D eigenvalue weighted by Gasteiger charge is -2.11. The maximum Gasteiger partial charge on any atom is 0.271 e. The van der Waals surface area contributed by atoms with Crippen molar-refractivity contribution in [1.29, 1.82) is 0 Å². The molecule has 0 saturated carbocycles. The van der Waals surface area contributed by atoms with E-state index in [-0.39, 0.29) is 11.6 Å². The molecule has 8 heteroatoms. The van der Waals surface area contributed by atoms with Gasteiger partial charge in [0.25, 0.3) is 11.6 Å². The Morgan fingerprint density at radius 1 is 1.17 bits per heavy atom. The molecular weight excluding hydrogens is 382 g/mol. The van der Waals surface area contributed by atoms with Crippen molar-refractivity contribution in [2.45, 2.75) is 20.4 Å². The van der Waals surface area contributed by atoms with E-state index in [9.17, 15) is 14.9 Å². The minimum absolute atomic E-state index is 0.0837. The number of rotatable bonds is 5. The largest absolute Gasteiger partial charge is 0.321 e. The average molecular weight is 401 g/mol. The van der Waals surface area contributed by atoms with Gasteiger partial charge in [0.1, 0.15) is 0 Å². The molecule has 0 bridgehead atoms. The van der Waals surface area contributed by atoms with Crippen LogP contribution in [0.15, 0.2) is 60.8 Å². The summed E-state index contributed by atoms with van der Waals surface area (Å²) in [5.41, 5.74) is 3.59. The summed E-state index contributed by atoms with van der Waals surface area (Å²) in [6.07, 6.45) is 1.62. The van der Waals surface area contributed by atoms with Crippen LogP contribution in [0.5, 0.6) is 0 Å². The molecule has 0 unspecified atom stereocenters.